The van der Waals surface area contributed by atoms with Crippen molar-refractivity contribution in [2.45, 2.75) is 5.75 Å². The quantitative estimate of drug-likeness (QED) is 0.893. The lowest BCUT2D eigenvalue weighted by Crippen LogP contribution is -2.02. The van der Waals surface area contributed by atoms with Gasteiger partial charge in [-0.1, -0.05) is 5.16 Å². The molecule has 19 heavy (non-hydrogen) atoms. The first-order chi connectivity index (χ1) is 8.89. The molecule has 1 aromatic heterocycles. The highest BCUT2D eigenvalue weighted by Gasteiger charge is 2.14. The van der Waals surface area contributed by atoms with E-state index in [2.05, 4.69) is 10.1 Å². The number of hydrogen-bond acceptors (Lipinski definition) is 7. The fourth-order valence-corrected chi connectivity index (χ4v) is 2.06. The number of ether oxygens (including phenoxy) is 1. The molecule has 1 aromatic carbocycles. The lowest BCUT2D eigenvalue weighted by molar-refractivity contribution is 0.373. The van der Waals surface area contributed by atoms with Crippen LogP contribution in [0.2, 0.25) is 0 Å². The molecule has 0 spiro atoms. The molecule has 102 valence electrons. The molecule has 0 aliphatic rings. The number of sulfone groups is 1. The second-order valence-corrected chi connectivity index (χ2v) is 6.11. The Kier molecular flexibility index (Phi) is 3.43. The van der Waals surface area contributed by atoms with Crippen molar-refractivity contribution in [3.63, 3.8) is 0 Å². The van der Waals surface area contributed by atoms with E-state index < -0.39 is 9.84 Å². The molecular weight excluding hydrogens is 272 g/mol. The minimum absolute atomic E-state index is 0.0119. The second kappa shape index (κ2) is 4.88. The number of hydrogen-bond donors (Lipinski definition) is 1. The van der Waals surface area contributed by atoms with Gasteiger partial charge in [-0.3, -0.25) is 0 Å². The minimum Gasteiger partial charge on any atom is -0.504 e. The summed E-state index contributed by atoms with van der Waals surface area (Å²) in [4.78, 5) is 3.98. The fraction of sp³-hybridized carbons (Fsp3) is 0.273. The maximum absolute atomic E-state index is 11.1. The Morgan fingerprint density at radius 3 is 2.79 bits per heavy atom. The van der Waals surface area contributed by atoms with Gasteiger partial charge >= 0.3 is 0 Å². The van der Waals surface area contributed by atoms with E-state index in [0.717, 1.165) is 6.26 Å². The Balaban J connectivity index is 2.33. The van der Waals surface area contributed by atoms with Crippen molar-refractivity contribution in [1.82, 2.24) is 10.1 Å². The zero-order chi connectivity index (χ0) is 14.0. The van der Waals surface area contributed by atoms with E-state index in [-0.39, 0.29) is 29.0 Å². The van der Waals surface area contributed by atoms with Crippen molar-refractivity contribution in [3.05, 3.63) is 24.0 Å². The normalized spacial score (nSPS) is 11.5. The lowest BCUT2D eigenvalue weighted by atomic mass is 10.2. The number of methoxy groups -OCH3 is 1. The van der Waals surface area contributed by atoms with E-state index in [0.29, 0.717) is 5.56 Å². The number of aromatic nitrogens is 2. The average Bonchev–Trinajstić information content (AvgIpc) is 2.75. The van der Waals surface area contributed by atoms with E-state index in [1.54, 1.807) is 6.07 Å². The van der Waals surface area contributed by atoms with Crippen LogP contribution >= 0.6 is 0 Å². The highest BCUT2D eigenvalue weighted by Crippen LogP contribution is 2.30. The Bertz CT molecular complexity index is 693. The van der Waals surface area contributed by atoms with Crippen LogP contribution in [0.3, 0.4) is 0 Å². The molecule has 2 aromatic rings. The van der Waals surface area contributed by atoms with E-state index in [9.17, 15) is 13.5 Å². The van der Waals surface area contributed by atoms with E-state index >= 15 is 0 Å². The second-order valence-electron chi connectivity index (χ2n) is 3.97. The predicted octanol–water partition coefficient (Wildman–Crippen LogP) is 0.995. The van der Waals surface area contributed by atoms with Gasteiger partial charge in [0.1, 0.15) is 5.75 Å². The molecule has 0 aliphatic heterocycles. The summed E-state index contributed by atoms with van der Waals surface area (Å²) < 4.78 is 32.2. The largest absolute Gasteiger partial charge is 0.504 e. The molecule has 0 radical (unpaired) electrons. The van der Waals surface area contributed by atoms with Gasteiger partial charge in [0, 0.05) is 11.8 Å². The van der Waals surface area contributed by atoms with Crippen molar-refractivity contribution in [1.29, 1.82) is 0 Å². The number of aromatic hydroxyl groups is 1. The maximum atomic E-state index is 11.1. The molecule has 0 atom stereocenters. The van der Waals surface area contributed by atoms with Crippen LogP contribution in [0.5, 0.6) is 11.5 Å². The fourth-order valence-electron chi connectivity index (χ4n) is 1.48. The third-order valence-corrected chi connectivity index (χ3v) is 3.07. The van der Waals surface area contributed by atoms with Crippen LogP contribution in [0, 0.1) is 0 Å². The zero-order valence-corrected chi connectivity index (χ0v) is 11.1. The molecular formula is C11H12N2O5S. The SMILES string of the molecule is COc1cc(-c2nc(CS(C)(=O)=O)no2)ccc1O. The molecule has 7 nitrogen and oxygen atoms in total. The van der Waals surface area contributed by atoms with Crippen LogP contribution in [-0.4, -0.2) is 37.0 Å². The third kappa shape index (κ3) is 3.22. The van der Waals surface area contributed by atoms with E-state index in [1.165, 1.54) is 19.2 Å². The minimum atomic E-state index is -3.22. The van der Waals surface area contributed by atoms with Gasteiger partial charge in [-0.05, 0) is 18.2 Å². The molecule has 0 amide bonds. The number of phenols is 1. The first kappa shape index (κ1) is 13.3. The molecule has 0 aliphatic carbocycles. The molecule has 1 N–H and O–H groups in total. The summed E-state index contributed by atoms with van der Waals surface area (Å²) in [6.45, 7) is 0. The van der Waals surface area contributed by atoms with Crippen molar-refractivity contribution in [3.8, 4) is 23.0 Å². The molecule has 0 saturated carbocycles. The topological polar surface area (TPSA) is 103 Å². The van der Waals surface area contributed by atoms with Crippen molar-refractivity contribution in [2.75, 3.05) is 13.4 Å². The molecule has 2 rings (SSSR count). The van der Waals surface area contributed by atoms with Gasteiger partial charge in [0.25, 0.3) is 5.89 Å². The van der Waals surface area contributed by atoms with Gasteiger partial charge in [0.2, 0.25) is 0 Å². The van der Waals surface area contributed by atoms with Crippen LogP contribution in [0.25, 0.3) is 11.5 Å². The lowest BCUT2D eigenvalue weighted by Gasteiger charge is -2.03. The van der Waals surface area contributed by atoms with Crippen molar-refractivity contribution < 1.29 is 22.8 Å². The molecule has 0 saturated heterocycles. The van der Waals surface area contributed by atoms with Crippen LogP contribution in [-0.2, 0) is 15.6 Å². The Hall–Kier alpha value is -2.09. The van der Waals surface area contributed by atoms with E-state index in [4.69, 9.17) is 9.26 Å². The summed E-state index contributed by atoms with van der Waals surface area (Å²) in [6.07, 6.45) is 1.09. The van der Waals surface area contributed by atoms with Gasteiger partial charge in [-0.2, -0.15) is 4.98 Å². The summed E-state index contributed by atoms with van der Waals surface area (Å²) in [7, 11) is -1.80. The van der Waals surface area contributed by atoms with Gasteiger partial charge in [-0.25, -0.2) is 8.42 Å². The van der Waals surface area contributed by atoms with Crippen LogP contribution in [0.4, 0.5) is 0 Å². The van der Waals surface area contributed by atoms with Gasteiger partial charge in [0.15, 0.2) is 27.2 Å². The zero-order valence-electron chi connectivity index (χ0n) is 10.3. The van der Waals surface area contributed by atoms with Gasteiger partial charge < -0.3 is 14.4 Å². The average molecular weight is 284 g/mol. The highest BCUT2D eigenvalue weighted by molar-refractivity contribution is 7.89. The van der Waals surface area contributed by atoms with Crippen molar-refractivity contribution in [2.24, 2.45) is 0 Å². The summed E-state index contributed by atoms with van der Waals surface area (Å²) in [6, 6.07) is 4.51. The molecule has 1 heterocycles. The summed E-state index contributed by atoms with van der Waals surface area (Å²) in [5.41, 5.74) is 0.530. The van der Waals surface area contributed by atoms with Crippen LogP contribution < -0.4 is 4.74 Å². The van der Waals surface area contributed by atoms with Gasteiger partial charge in [-0.15, -0.1) is 0 Å². The Morgan fingerprint density at radius 2 is 2.16 bits per heavy atom. The Labute approximate surface area is 109 Å². The first-order valence-corrected chi connectivity index (χ1v) is 7.33. The van der Waals surface area contributed by atoms with Gasteiger partial charge in [0.05, 0.1) is 7.11 Å². The smallest absolute Gasteiger partial charge is 0.258 e. The molecule has 8 heteroatoms. The summed E-state index contributed by atoms with van der Waals surface area (Å²) in [5, 5.41) is 13.1. The number of nitrogens with zero attached hydrogens (tertiary/aromatic N) is 2. The molecule has 0 fully saturated rings. The number of rotatable bonds is 4. The number of benzene rings is 1. The monoisotopic (exact) mass is 284 g/mol. The Morgan fingerprint density at radius 1 is 1.42 bits per heavy atom. The van der Waals surface area contributed by atoms with Crippen LogP contribution in [0.15, 0.2) is 22.7 Å². The number of phenolic OH excluding ortho intramolecular Hbond substituents is 1. The standard InChI is InChI=1S/C11H12N2O5S/c1-17-9-5-7(3-4-8(9)14)11-12-10(13-18-11)6-19(2,15)16/h3-5,14H,6H2,1-2H3. The summed E-state index contributed by atoms with van der Waals surface area (Å²) in [5.74, 6) is 0.218. The molecule has 0 unspecified atom stereocenters. The maximum Gasteiger partial charge on any atom is 0.258 e. The molecule has 0 bridgehead atoms. The van der Waals surface area contributed by atoms with E-state index in [1.807, 2.05) is 0 Å². The highest BCUT2D eigenvalue weighted by atomic mass is 32.2. The van der Waals surface area contributed by atoms with Crippen molar-refractivity contribution >= 4 is 9.84 Å². The first-order valence-electron chi connectivity index (χ1n) is 5.27. The van der Waals surface area contributed by atoms with Crippen LogP contribution in [0.1, 0.15) is 5.82 Å². The predicted molar refractivity (Wildman–Crippen MR) is 66.5 cm³/mol. The summed E-state index contributed by atoms with van der Waals surface area (Å²) >= 11 is 0. The third-order valence-electron chi connectivity index (χ3n) is 2.29.